The average molecular weight is 818 g/mol. The Hall–Kier alpha value is -4.92. The van der Waals surface area contributed by atoms with Gasteiger partial charge in [0.25, 0.3) is 0 Å². The summed E-state index contributed by atoms with van der Waals surface area (Å²) in [5, 5.41) is 6.08. The number of piperidine rings is 2. The Morgan fingerprint density at radius 3 is 2.34 bits per heavy atom. The summed E-state index contributed by atoms with van der Waals surface area (Å²) in [4.78, 5) is 41.2. The van der Waals surface area contributed by atoms with Crippen molar-refractivity contribution in [2.75, 3.05) is 57.4 Å². The summed E-state index contributed by atoms with van der Waals surface area (Å²) in [7, 11) is 0. The molecule has 0 radical (unpaired) electrons. The van der Waals surface area contributed by atoms with E-state index in [9.17, 15) is 22.8 Å². The van der Waals surface area contributed by atoms with Gasteiger partial charge in [-0.3, -0.25) is 4.79 Å². The van der Waals surface area contributed by atoms with Gasteiger partial charge in [-0.2, -0.15) is 18.3 Å². The number of nitrogens with zero attached hydrogens (tertiary/aromatic N) is 7. The monoisotopic (exact) mass is 817 g/mol. The number of hydrogen-bond donors (Lipinski definition) is 0. The zero-order valence-electron chi connectivity index (χ0n) is 34.7. The maximum absolute atomic E-state index is 14.2. The number of rotatable bonds is 7. The van der Waals surface area contributed by atoms with Crippen LogP contribution in [0.25, 0.3) is 39.0 Å². The van der Waals surface area contributed by atoms with Crippen LogP contribution in [-0.2, 0) is 14.3 Å². The van der Waals surface area contributed by atoms with E-state index in [2.05, 4.69) is 11.5 Å². The molecule has 0 N–H and O–H groups in total. The van der Waals surface area contributed by atoms with Crippen molar-refractivity contribution in [3.63, 3.8) is 0 Å². The molecule has 4 aliphatic heterocycles. The number of aryl methyl sites for hydroxylation is 1. The third kappa shape index (κ3) is 8.18. The molecule has 1 atom stereocenters. The number of alkyl halides is 3. The first kappa shape index (κ1) is 40.8. The van der Waals surface area contributed by atoms with Crippen molar-refractivity contribution in [1.82, 2.24) is 29.5 Å². The van der Waals surface area contributed by atoms with Gasteiger partial charge in [0.2, 0.25) is 5.91 Å². The van der Waals surface area contributed by atoms with Crippen LogP contribution in [-0.4, -0.2) is 106 Å². The Kier molecular flexibility index (Phi) is 10.8. The maximum Gasteiger partial charge on any atom is 0.422 e. The fourth-order valence-electron chi connectivity index (χ4n) is 9.28. The molecule has 4 fully saturated rings. The van der Waals surface area contributed by atoms with E-state index >= 15 is 0 Å². The highest BCUT2D eigenvalue weighted by Crippen LogP contribution is 2.48. The molecule has 0 saturated carbocycles. The first-order valence-electron chi connectivity index (χ1n) is 20.8. The molecule has 59 heavy (non-hydrogen) atoms. The molecule has 0 bridgehead atoms. The zero-order valence-corrected chi connectivity index (χ0v) is 34.7. The van der Waals surface area contributed by atoms with E-state index in [4.69, 9.17) is 29.3 Å². The Morgan fingerprint density at radius 2 is 1.71 bits per heavy atom. The summed E-state index contributed by atoms with van der Waals surface area (Å²) < 4.78 is 62.2. The third-order valence-corrected chi connectivity index (χ3v) is 12.4. The number of hydrogen-bond acceptors (Lipinski definition) is 9. The lowest BCUT2D eigenvalue weighted by Crippen LogP contribution is -2.62. The van der Waals surface area contributed by atoms with Crippen molar-refractivity contribution in [3.05, 3.63) is 47.9 Å². The Labute approximate surface area is 342 Å². The molecule has 2 amide bonds. The van der Waals surface area contributed by atoms with E-state index in [-0.39, 0.29) is 35.3 Å². The van der Waals surface area contributed by atoms with Crippen molar-refractivity contribution < 1.29 is 37.0 Å². The molecule has 2 aromatic heterocycles. The minimum absolute atomic E-state index is 0.000561. The quantitative estimate of drug-likeness (QED) is 0.181. The van der Waals surface area contributed by atoms with E-state index < -0.39 is 18.4 Å². The summed E-state index contributed by atoms with van der Waals surface area (Å²) in [6, 6.07) is 5.87. The van der Waals surface area contributed by atoms with Crippen molar-refractivity contribution >= 4 is 45.7 Å². The Morgan fingerprint density at radius 1 is 0.983 bits per heavy atom. The van der Waals surface area contributed by atoms with Gasteiger partial charge in [0.15, 0.2) is 18.6 Å². The summed E-state index contributed by atoms with van der Waals surface area (Å²) in [6.45, 7) is 15.8. The number of likely N-dealkylation sites (tertiary alicyclic amines) is 2. The number of ether oxygens (including phenoxy) is 3. The Balaban J connectivity index is 1.25. The van der Waals surface area contributed by atoms with Gasteiger partial charge in [0.05, 0.1) is 11.7 Å². The first-order chi connectivity index (χ1) is 28.0. The molecule has 4 aromatic rings. The van der Waals surface area contributed by atoms with Gasteiger partial charge >= 0.3 is 12.3 Å². The number of carbonyl (C=O) groups is 2. The molecule has 8 rings (SSSR count). The molecular weight excluding hydrogens is 764 g/mol. The third-order valence-electron chi connectivity index (χ3n) is 12.4. The van der Waals surface area contributed by atoms with Crippen molar-refractivity contribution in [2.45, 2.75) is 103 Å². The van der Waals surface area contributed by atoms with Gasteiger partial charge in [0.1, 0.15) is 22.8 Å². The minimum atomic E-state index is -4.63. The van der Waals surface area contributed by atoms with Crippen LogP contribution in [0.3, 0.4) is 0 Å². The highest BCUT2D eigenvalue weighted by Gasteiger charge is 2.48. The molecule has 4 aliphatic rings. The second kappa shape index (κ2) is 15.6. The largest absolute Gasteiger partial charge is 0.481 e. The second-order valence-electron chi connectivity index (χ2n) is 17.8. The number of amides is 2. The molecule has 316 valence electrons. The normalized spacial score (nSPS) is 20.3. The van der Waals surface area contributed by atoms with E-state index in [1.165, 1.54) is 0 Å². The van der Waals surface area contributed by atoms with Crippen LogP contribution in [0.2, 0.25) is 0 Å². The number of carbonyl (C=O) groups excluding carboxylic acids is 2. The van der Waals surface area contributed by atoms with Crippen molar-refractivity contribution in [3.8, 4) is 16.9 Å². The number of halogens is 3. The summed E-state index contributed by atoms with van der Waals surface area (Å²) >= 11 is 0. The van der Waals surface area contributed by atoms with Gasteiger partial charge in [-0.25, -0.2) is 19.4 Å². The molecule has 0 aliphatic carbocycles. The van der Waals surface area contributed by atoms with Crippen LogP contribution in [0, 0.1) is 12.3 Å². The number of anilines is 1. The van der Waals surface area contributed by atoms with Crippen LogP contribution in [0.1, 0.15) is 102 Å². The lowest BCUT2D eigenvalue weighted by Gasteiger charge is -2.53. The summed E-state index contributed by atoms with van der Waals surface area (Å²) in [6.07, 6.45) is 3.84. The van der Waals surface area contributed by atoms with Gasteiger partial charge in [-0.1, -0.05) is 18.7 Å². The predicted molar refractivity (Wildman–Crippen MR) is 219 cm³/mol. The molecule has 1 spiro atoms. The minimum Gasteiger partial charge on any atom is -0.481 e. The SMILES string of the molecule is C=Cc1cc2c(N3CCC4(CC3)CN(C(=O)OC(C)(C)C)C4)nc(C3CCN(C(C)=O)CC3)nc2c(OCC(F)(F)F)c1-c1c(C)ccc2c1cnn2C1CCCCO1. The highest BCUT2D eigenvalue weighted by atomic mass is 19.4. The Bertz CT molecular complexity index is 2250. The topological polar surface area (TPSA) is 115 Å². The standard InChI is InChI=1S/C44H54F3N7O5/c1-7-29-22-31-37(38(58-26-44(45,46)47)36(29)35-27(2)11-12-33-32(35)23-48-54(33)34-10-8-9-21-57-34)49-39(30-13-17-51(18-14-30)28(3)55)50-40(31)52-19-15-43(16-20-52)24-53(25-43)41(56)59-42(4,5)6/h7,11-12,22-23,30,34H,1,8-10,13-21,24-26H2,2-6H3. The van der Waals surface area contributed by atoms with Gasteiger partial charge in [-0.15, -0.1) is 0 Å². The van der Waals surface area contributed by atoms with Crippen LogP contribution in [0.4, 0.5) is 23.8 Å². The second-order valence-corrected chi connectivity index (χ2v) is 17.8. The molecule has 1 unspecified atom stereocenters. The van der Waals surface area contributed by atoms with Gasteiger partial charge < -0.3 is 28.9 Å². The molecule has 6 heterocycles. The van der Waals surface area contributed by atoms with Crippen LogP contribution in [0.15, 0.2) is 31.0 Å². The van der Waals surface area contributed by atoms with E-state index in [0.29, 0.717) is 98.0 Å². The summed E-state index contributed by atoms with van der Waals surface area (Å²) in [5.74, 6) is 1.02. The fraction of sp³-hybridized carbons (Fsp3) is 0.568. The average Bonchev–Trinajstić information content (AvgIpc) is 3.62. The van der Waals surface area contributed by atoms with Crippen molar-refractivity contribution in [1.29, 1.82) is 0 Å². The zero-order chi connectivity index (χ0) is 41.9. The molecule has 4 saturated heterocycles. The van der Waals surface area contributed by atoms with Crippen LogP contribution in [0.5, 0.6) is 5.75 Å². The van der Waals surface area contributed by atoms with E-state index in [1.807, 2.05) is 50.6 Å². The highest BCUT2D eigenvalue weighted by molar-refractivity contribution is 6.07. The number of aromatic nitrogens is 4. The van der Waals surface area contributed by atoms with Crippen molar-refractivity contribution in [2.24, 2.45) is 5.41 Å². The maximum atomic E-state index is 14.2. The molecular formula is C44H54F3N7O5. The van der Waals surface area contributed by atoms with Crippen LogP contribution < -0.4 is 9.64 Å². The molecule has 15 heteroatoms. The van der Waals surface area contributed by atoms with E-state index in [0.717, 1.165) is 48.6 Å². The lowest BCUT2D eigenvalue weighted by molar-refractivity contribution is -0.153. The molecule has 12 nitrogen and oxygen atoms in total. The predicted octanol–water partition coefficient (Wildman–Crippen LogP) is 8.80. The smallest absolute Gasteiger partial charge is 0.422 e. The summed E-state index contributed by atoms with van der Waals surface area (Å²) in [5.41, 5.74) is 3.02. The van der Waals surface area contributed by atoms with Gasteiger partial charge in [-0.05, 0) is 101 Å². The van der Waals surface area contributed by atoms with Gasteiger partial charge in [0, 0.05) is 80.5 Å². The van der Waals surface area contributed by atoms with E-state index in [1.54, 1.807) is 29.0 Å². The lowest BCUT2D eigenvalue weighted by atomic mass is 9.72. The fourth-order valence-corrected chi connectivity index (χ4v) is 9.28. The number of fused-ring (bicyclic) bond motifs is 2. The van der Waals surface area contributed by atoms with Crippen LogP contribution >= 0.6 is 0 Å². The molecule has 2 aromatic carbocycles. The first-order valence-corrected chi connectivity index (χ1v) is 20.8. The number of benzene rings is 2.